The maximum absolute atomic E-state index is 11.9. The predicted octanol–water partition coefficient (Wildman–Crippen LogP) is 7.33. The average Bonchev–Trinajstić information content (AvgIpc) is 3.05. The highest BCUT2D eigenvalue weighted by molar-refractivity contribution is 5.90. The second-order valence-electron chi connectivity index (χ2n) is 10.3. The molecule has 0 heterocycles. The van der Waals surface area contributed by atoms with Crippen LogP contribution in [-0.2, 0) is 16.0 Å². The molecule has 0 aliphatic heterocycles. The highest BCUT2D eigenvalue weighted by Crippen LogP contribution is 2.33. The summed E-state index contributed by atoms with van der Waals surface area (Å²) in [5, 5.41) is 18.1. The van der Waals surface area contributed by atoms with Crippen molar-refractivity contribution in [1.29, 1.82) is 0 Å². The second-order valence-corrected chi connectivity index (χ2v) is 10.3. The fourth-order valence-electron chi connectivity index (χ4n) is 4.59. The fraction of sp³-hybridized carbons (Fsp3) is 0.189. The van der Waals surface area contributed by atoms with Gasteiger partial charge in [-0.3, -0.25) is 0 Å². The Labute approximate surface area is 252 Å². The van der Waals surface area contributed by atoms with Gasteiger partial charge in [-0.1, -0.05) is 99.7 Å². The van der Waals surface area contributed by atoms with Gasteiger partial charge >= 0.3 is 11.9 Å². The van der Waals surface area contributed by atoms with Gasteiger partial charge in [0.1, 0.15) is 11.5 Å². The standard InChI is InChI=1S/C37H36O6/c1-4-5-6-7-32-22-31(16-21-35(32)30-14-19-34(20-15-30)43-37(41)26(3)24-39)29-10-8-27(9-11-29)28-12-17-33(18-13-28)42-36(40)25(2)23-38/h8-22,38-39H,2-7,23-24H2,1H3. The lowest BCUT2D eigenvalue weighted by molar-refractivity contribution is -0.131. The van der Waals surface area contributed by atoms with Crippen molar-refractivity contribution in [2.45, 2.75) is 32.6 Å². The number of carbonyl (C=O) groups excluding carboxylic acids is 2. The van der Waals surface area contributed by atoms with Crippen molar-refractivity contribution in [3.63, 3.8) is 0 Å². The number of esters is 2. The Balaban J connectivity index is 1.53. The summed E-state index contributed by atoms with van der Waals surface area (Å²) in [5.74, 6) is -0.507. The lowest BCUT2D eigenvalue weighted by Gasteiger charge is -2.14. The number of rotatable bonds is 13. The van der Waals surface area contributed by atoms with Gasteiger partial charge in [0.25, 0.3) is 0 Å². The third kappa shape index (κ3) is 8.16. The SMILES string of the molecule is C=C(CO)C(=O)Oc1ccc(-c2ccc(-c3ccc(-c4ccc(OC(=O)C(=C)CO)cc4)c(CCCCC)c3)cc2)cc1. The first-order valence-electron chi connectivity index (χ1n) is 14.3. The van der Waals surface area contributed by atoms with E-state index in [1.54, 1.807) is 24.3 Å². The lowest BCUT2D eigenvalue weighted by Crippen LogP contribution is -2.12. The van der Waals surface area contributed by atoms with Gasteiger partial charge in [0.05, 0.1) is 24.4 Å². The van der Waals surface area contributed by atoms with E-state index in [-0.39, 0.29) is 11.1 Å². The number of hydrogen-bond donors (Lipinski definition) is 2. The Bertz CT molecular complexity index is 1580. The summed E-state index contributed by atoms with van der Waals surface area (Å²) in [6.07, 6.45) is 4.32. The van der Waals surface area contributed by atoms with Crippen LogP contribution < -0.4 is 9.47 Å². The smallest absolute Gasteiger partial charge is 0.341 e. The van der Waals surface area contributed by atoms with Gasteiger partial charge < -0.3 is 19.7 Å². The van der Waals surface area contributed by atoms with E-state index in [0.717, 1.165) is 59.1 Å². The maximum Gasteiger partial charge on any atom is 0.341 e. The highest BCUT2D eigenvalue weighted by atomic mass is 16.5. The molecule has 0 saturated carbocycles. The van der Waals surface area contributed by atoms with Crippen LogP contribution >= 0.6 is 0 Å². The third-order valence-electron chi connectivity index (χ3n) is 7.11. The first kappa shape index (κ1) is 31.2. The Hall–Kier alpha value is -4.78. The Morgan fingerprint density at radius 3 is 1.49 bits per heavy atom. The number of carbonyl (C=O) groups is 2. The van der Waals surface area contributed by atoms with Gasteiger partial charge in [-0.15, -0.1) is 0 Å². The van der Waals surface area contributed by atoms with Gasteiger partial charge in [-0.25, -0.2) is 9.59 Å². The van der Waals surface area contributed by atoms with E-state index < -0.39 is 25.2 Å². The summed E-state index contributed by atoms with van der Waals surface area (Å²) in [7, 11) is 0. The van der Waals surface area contributed by atoms with Crippen LogP contribution in [0.4, 0.5) is 0 Å². The molecule has 2 N–H and O–H groups in total. The molecule has 0 spiro atoms. The number of benzene rings is 4. The minimum absolute atomic E-state index is 0.00336. The van der Waals surface area contributed by atoms with E-state index in [1.165, 1.54) is 5.56 Å². The fourth-order valence-corrected chi connectivity index (χ4v) is 4.59. The molecule has 0 amide bonds. The Morgan fingerprint density at radius 1 is 0.605 bits per heavy atom. The molecule has 0 saturated heterocycles. The molecule has 6 heteroatoms. The van der Waals surface area contributed by atoms with Crippen molar-refractivity contribution in [2.24, 2.45) is 0 Å². The number of aliphatic hydroxyl groups is 2. The van der Waals surface area contributed by atoms with Crippen LogP contribution in [0.1, 0.15) is 31.7 Å². The molecule has 0 atom stereocenters. The van der Waals surface area contributed by atoms with Crippen LogP contribution in [-0.4, -0.2) is 35.4 Å². The minimum Gasteiger partial charge on any atom is -0.423 e. The molecule has 43 heavy (non-hydrogen) atoms. The van der Waals surface area contributed by atoms with E-state index in [1.807, 2.05) is 24.3 Å². The van der Waals surface area contributed by atoms with E-state index in [2.05, 4.69) is 62.5 Å². The third-order valence-corrected chi connectivity index (χ3v) is 7.11. The molecule has 0 aliphatic rings. The van der Waals surface area contributed by atoms with Crippen LogP contribution in [0.15, 0.2) is 115 Å². The number of hydrogen-bond acceptors (Lipinski definition) is 6. The summed E-state index contributed by atoms with van der Waals surface area (Å²) >= 11 is 0. The van der Waals surface area contributed by atoms with E-state index in [9.17, 15) is 9.59 Å². The van der Waals surface area contributed by atoms with Gasteiger partial charge in [0.2, 0.25) is 0 Å². The first-order chi connectivity index (χ1) is 20.8. The molecule has 220 valence electrons. The maximum atomic E-state index is 11.9. The molecule has 6 nitrogen and oxygen atoms in total. The monoisotopic (exact) mass is 576 g/mol. The van der Waals surface area contributed by atoms with Gasteiger partial charge in [0.15, 0.2) is 0 Å². The molecule has 4 aromatic carbocycles. The number of unbranched alkanes of at least 4 members (excludes halogenated alkanes) is 2. The zero-order chi connectivity index (χ0) is 30.8. The normalized spacial score (nSPS) is 10.7. The van der Waals surface area contributed by atoms with Crippen molar-refractivity contribution in [3.8, 4) is 44.9 Å². The molecule has 0 fully saturated rings. The van der Waals surface area contributed by atoms with Gasteiger partial charge in [0, 0.05) is 0 Å². The topological polar surface area (TPSA) is 93.1 Å². The molecule has 0 unspecified atom stereocenters. The summed E-state index contributed by atoms with van der Waals surface area (Å²) in [5.41, 5.74) is 7.68. The summed E-state index contributed by atoms with van der Waals surface area (Å²) in [4.78, 5) is 23.8. The van der Waals surface area contributed by atoms with Crippen molar-refractivity contribution in [1.82, 2.24) is 0 Å². The summed E-state index contributed by atoms with van der Waals surface area (Å²) in [6.45, 7) is 8.30. The highest BCUT2D eigenvalue weighted by Gasteiger charge is 2.12. The molecular formula is C37H36O6. The molecule has 0 radical (unpaired) electrons. The molecule has 0 bridgehead atoms. The molecule has 4 rings (SSSR count). The zero-order valence-electron chi connectivity index (χ0n) is 24.3. The second kappa shape index (κ2) is 14.9. The van der Waals surface area contributed by atoms with Crippen molar-refractivity contribution < 1.29 is 29.3 Å². The number of aliphatic hydroxyl groups excluding tert-OH is 2. The zero-order valence-corrected chi connectivity index (χ0v) is 24.3. The first-order valence-corrected chi connectivity index (χ1v) is 14.3. The van der Waals surface area contributed by atoms with Crippen LogP contribution in [0.25, 0.3) is 33.4 Å². The minimum atomic E-state index is -0.650. The molecular weight excluding hydrogens is 540 g/mol. The predicted molar refractivity (Wildman–Crippen MR) is 170 cm³/mol. The Morgan fingerprint density at radius 2 is 1.02 bits per heavy atom. The van der Waals surface area contributed by atoms with Crippen molar-refractivity contribution in [2.75, 3.05) is 13.2 Å². The van der Waals surface area contributed by atoms with Gasteiger partial charge in [-0.2, -0.15) is 0 Å². The van der Waals surface area contributed by atoms with Crippen molar-refractivity contribution >= 4 is 11.9 Å². The molecule has 0 aromatic heterocycles. The van der Waals surface area contributed by atoms with Crippen molar-refractivity contribution in [3.05, 3.63) is 121 Å². The summed E-state index contributed by atoms with van der Waals surface area (Å²) in [6, 6.07) is 29.4. The van der Waals surface area contributed by atoms with E-state index >= 15 is 0 Å². The molecule has 4 aromatic rings. The Kier molecular flexibility index (Phi) is 10.8. The lowest BCUT2D eigenvalue weighted by atomic mass is 9.91. The van der Waals surface area contributed by atoms with Crippen LogP contribution in [0.3, 0.4) is 0 Å². The van der Waals surface area contributed by atoms with Crippen LogP contribution in [0, 0.1) is 0 Å². The van der Waals surface area contributed by atoms with Crippen LogP contribution in [0.2, 0.25) is 0 Å². The number of ether oxygens (including phenoxy) is 2. The largest absolute Gasteiger partial charge is 0.423 e. The van der Waals surface area contributed by atoms with E-state index in [4.69, 9.17) is 19.7 Å². The average molecular weight is 577 g/mol. The molecule has 0 aliphatic carbocycles. The summed E-state index contributed by atoms with van der Waals surface area (Å²) < 4.78 is 10.5. The van der Waals surface area contributed by atoms with E-state index in [0.29, 0.717) is 11.5 Å². The quantitative estimate of drug-likeness (QED) is 0.0749. The number of aryl methyl sites for hydroxylation is 1. The van der Waals surface area contributed by atoms with Crippen LogP contribution in [0.5, 0.6) is 11.5 Å². The van der Waals surface area contributed by atoms with Gasteiger partial charge in [-0.05, 0) is 76.1 Å².